The van der Waals surface area contributed by atoms with Crippen LogP contribution in [0, 0.1) is 5.82 Å². The van der Waals surface area contributed by atoms with E-state index in [1.807, 2.05) is 0 Å². The largest absolute Gasteiger partial charge is 0.490 e. The Morgan fingerprint density at radius 3 is 2.72 bits per heavy atom. The summed E-state index contributed by atoms with van der Waals surface area (Å²) in [6, 6.07) is 9.17. The van der Waals surface area contributed by atoms with Crippen LogP contribution >= 0.6 is 0 Å². The number of hydrogen-bond acceptors (Lipinski definition) is 5. The van der Waals surface area contributed by atoms with E-state index >= 15 is 0 Å². The van der Waals surface area contributed by atoms with E-state index in [0.29, 0.717) is 11.4 Å². The zero-order valence-corrected chi connectivity index (χ0v) is 15.6. The van der Waals surface area contributed by atoms with Crippen molar-refractivity contribution in [2.24, 2.45) is 0 Å². The van der Waals surface area contributed by atoms with Gasteiger partial charge in [-0.05, 0) is 36.4 Å². The third-order valence-corrected chi connectivity index (χ3v) is 3.97. The van der Waals surface area contributed by atoms with Gasteiger partial charge < -0.3 is 9.47 Å². The Labute approximate surface area is 166 Å². The number of nitrogens with zero attached hydrogens (tertiary/aromatic N) is 2. The van der Waals surface area contributed by atoms with E-state index in [4.69, 9.17) is 9.47 Å². The van der Waals surface area contributed by atoms with Crippen LogP contribution in [0.3, 0.4) is 0 Å². The number of methoxy groups -OCH3 is 1. The Bertz CT molecular complexity index is 1050. The number of para-hydroxylation sites is 1. The Hall–Kier alpha value is -3.92. The number of anilines is 1. The van der Waals surface area contributed by atoms with Crippen LogP contribution < -0.4 is 14.4 Å². The standard InChI is InChI=1S/C22H17FN2O4/c1-28-21-17(23)10-7-11-18(21)29-20(26)13-15-25(19-12-5-6-14-24-19)22(27)16-8-3-2-4-9-16/h3,5-12,14H,13,15H2,1H3. The van der Waals surface area contributed by atoms with Crippen LogP contribution in [0.1, 0.15) is 6.42 Å². The number of benzene rings is 1. The molecule has 1 aromatic heterocycles. The highest BCUT2D eigenvalue weighted by atomic mass is 19.1. The topological polar surface area (TPSA) is 68.7 Å². The van der Waals surface area contributed by atoms with Gasteiger partial charge in [0.25, 0.3) is 5.91 Å². The SMILES string of the molecule is COc1c(F)cccc1OC(=O)CCN(C(=O)C1=CC=C=C=C1)c1ccccn1. The summed E-state index contributed by atoms with van der Waals surface area (Å²) in [7, 11) is 1.28. The molecule has 6 nitrogen and oxygen atoms in total. The van der Waals surface area contributed by atoms with E-state index in [1.165, 1.54) is 36.3 Å². The van der Waals surface area contributed by atoms with Gasteiger partial charge in [0.15, 0.2) is 17.3 Å². The lowest BCUT2D eigenvalue weighted by Gasteiger charge is -2.22. The minimum atomic E-state index is -0.643. The predicted molar refractivity (Wildman–Crippen MR) is 104 cm³/mol. The maximum atomic E-state index is 13.7. The highest BCUT2D eigenvalue weighted by Crippen LogP contribution is 2.30. The number of hydrogen-bond donors (Lipinski definition) is 0. The number of pyridine rings is 1. The van der Waals surface area contributed by atoms with Crippen molar-refractivity contribution in [1.82, 2.24) is 4.98 Å². The summed E-state index contributed by atoms with van der Waals surface area (Å²) >= 11 is 0. The van der Waals surface area contributed by atoms with E-state index in [1.54, 1.807) is 36.5 Å². The summed E-state index contributed by atoms with van der Waals surface area (Å²) in [4.78, 5) is 30.8. The molecule has 0 bridgehead atoms. The lowest BCUT2D eigenvalue weighted by Crippen LogP contribution is -2.35. The highest BCUT2D eigenvalue weighted by Gasteiger charge is 2.22. The van der Waals surface area contributed by atoms with Crippen LogP contribution in [0.15, 0.2) is 77.9 Å². The fourth-order valence-electron chi connectivity index (χ4n) is 2.61. The number of esters is 1. The van der Waals surface area contributed by atoms with Gasteiger partial charge >= 0.3 is 5.97 Å². The van der Waals surface area contributed by atoms with E-state index < -0.39 is 11.8 Å². The second-order valence-electron chi connectivity index (χ2n) is 5.86. The minimum absolute atomic E-state index is 0.0188. The van der Waals surface area contributed by atoms with Gasteiger partial charge in [0.05, 0.1) is 13.5 Å². The molecule has 1 heterocycles. The molecule has 1 aromatic carbocycles. The van der Waals surface area contributed by atoms with Crippen molar-refractivity contribution in [3.63, 3.8) is 0 Å². The summed E-state index contributed by atoms with van der Waals surface area (Å²) in [6.45, 7) is 0.0188. The van der Waals surface area contributed by atoms with Crippen molar-refractivity contribution in [2.45, 2.75) is 6.42 Å². The maximum Gasteiger partial charge on any atom is 0.313 e. The Balaban J connectivity index is 1.74. The van der Waals surface area contributed by atoms with Gasteiger partial charge in [-0.2, -0.15) is 0 Å². The van der Waals surface area contributed by atoms with Gasteiger partial charge in [-0.15, -0.1) is 0 Å². The molecule has 146 valence electrons. The lowest BCUT2D eigenvalue weighted by molar-refractivity contribution is -0.134. The molecule has 2 aromatic rings. The van der Waals surface area contributed by atoms with Crippen molar-refractivity contribution < 1.29 is 23.5 Å². The molecule has 7 heteroatoms. The molecule has 1 amide bonds. The molecule has 0 aliphatic heterocycles. The average molecular weight is 392 g/mol. The number of allylic oxidation sites excluding steroid dienone is 2. The molecule has 1 aliphatic rings. The summed E-state index contributed by atoms with van der Waals surface area (Å²) in [6.07, 6.45) is 6.11. The molecule has 0 N–H and O–H groups in total. The summed E-state index contributed by atoms with van der Waals surface area (Å²) in [5, 5.41) is 0. The Morgan fingerprint density at radius 2 is 2.03 bits per heavy atom. The predicted octanol–water partition coefficient (Wildman–Crippen LogP) is 3.36. The minimum Gasteiger partial charge on any atom is -0.490 e. The molecular weight excluding hydrogens is 375 g/mol. The lowest BCUT2D eigenvalue weighted by atomic mass is 10.1. The van der Waals surface area contributed by atoms with Gasteiger partial charge in [0.1, 0.15) is 5.82 Å². The van der Waals surface area contributed by atoms with Gasteiger partial charge in [0.2, 0.25) is 0 Å². The molecule has 0 radical (unpaired) electrons. The molecule has 3 rings (SSSR count). The first-order chi connectivity index (χ1) is 14.1. The van der Waals surface area contributed by atoms with Gasteiger partial charge in [-0.25, -0.2) is 9.37 Å². The van der Waals surface area contributed by atoms with Crippen molar-refractivity contribution in [3.8, 4) is 11.5 Å². The number of rotatable bonds is 7. The summed E-state index contributed by atoms with van der Waals surface area (Å²) in [5.74, 6) is -1.42. The second kappa shape index (κ2) is 9.33. The van der Waals surface area contributed by atoms with E-state index in [-0.39, 0.29) is 30.4 Å². The number of ether oxygens (including phenoxy) is 2. The van der Waals surface area contributed by atoms with Crippen molar-refractivity contribution in [1.29, 1.82) is 0 Å². The van der Waals surface area contributed by atoms with Crippen LogP contribution in [-0.4, -0.2) is 30.5 Å². The molecule has 0 fully saturated rings. The molecule has 0 spiro atoms. The molecule has 0 saturated carbocycles. The zero-order valence-electron chi connectivity index (χ0n) is 15.6. The molecule has 29 heavy (non-hydrogen) atoms. The first kappa shape index (κ1) is 19.8. The zero-order chi connectivity index (χ0) is 20.6. The molecule has 0 atom stereocenters. The van der Waals surface area contributed by atoms with E-state index in [9.17, 15) is 14.0 Å². The molecular formula is C22H17FN2O4. The first-order valence-electron chi connectivity index (χ1n) is 8.74. The second-order valence-corrected chi connectivity index (χ2v) is 5.86. The van der Waals surface area contributed by atoms with Crippen molar-refractivity contribution in [2.75, 3.05) is 18.6 Å². The highest BCUT2D eigenvalue weighted by molar-refractivity contribution is 6.07. The van der Waals surface area contributed by atoms with Crippen LogP contribution in [0.2, 0.25) is 0 Å². The molecule has 1 aliphatic carbocycles. The summed E-state index contributed by atoms with van der Waals surface area (Å²) < 4.78 is 23.9. The third kappa shape index (κ3) is 4.87. The van der Waals surface area contributed by atoms with Crippen LogP contribution in [-0.2, 0) is 9.59 Å². The normalized spacial score (nSPS) is 11.7. The van der Waals surface area contributed by atoms with E-state index in [0.717, 1.165) is 0 Å². The van der Waals surface area contributed by atoms with Gasteiger partial charge in [0, 0.05) is 24.4 Å². The third-order valence-electron chi connectivity index (χ3n) is 3.97. The Kier molecular flexibility index (Phi) is 6.38. The number of amides is 1. The van der Waals surface area contributed by atoms with Gasteiger partial charge in [-0.3, -0.25) is 14.5 Å². The van der Waals surface area contributed by atoms with E-state index in [2.05, 4.69) is 16.4 Å². The fraction of sp³-hybridized carbons (Fsp3) is 0.136. The van der Waals surface area contributed by atoms with Gasteiger partial charge in [-0.1, -0.05) is 23.6 Å². The number of carbonyl (C=O) groups excluding carboxylic acids is 2. The molecule has 0 unspecified atom stereocenters. The Morgan fingerprint density at radius 1 is 1.17 bits per heavy atom. The monoisotopic (exact) mass is 392 g/mol. The molecule has 0 saturated heterocycles. The fourth-order valence-corrected chi connectivity index (χ4v) is 2.61. The van der Waals surface area contributed by atoms with Crippen LogP contribution in [0.5, 0.6) is 11.5 Å². The average Bonchev–Trinajstić information content (AvgIpc) is 2.75. The number of carbonyl (C=O) groups is 2. The first-order valence-corrected chi connectivity index (χ1v) is 8.74. The summed E-state index contributed by atoms with van der Waals surface area (Å²) in [5.41, 5.74) is 5.84. The number of aromatic nitrogens is 1. The number of halogens is 1. The van der Waals surface area contributed by atoms with Crippen LogP contribution in [0.4, 0.5) is 10.2 Å². The quantitative estimate of drug-likeness (QED) is 0.411. The smallest absolute Gasteiger partial charge is 0.313 e. The van der Waals surface area contributed by atoms with Crippen LogP contribution in [0.25, 0.3) is 0 Å². The van der Waals surface area contributed by atoms with Crippen molar-refractivity contribution >= 4 is 17.7 Å². The van der Waals surface area contributed by atoms with Crippen molar-refractivity contribution in [3.05, 3.63) is 83.7 Å². The maximum absolute atomic E-state index is 13.7.